The Hall–Kier alpha value is -2.60. The van der Waals surface area contributed by atoms with E-state index >= 15 is 0 Å². The van der Waals surface area contributed by atoms with Crippen LogP contribution < -0.4 is 0 Å². The van der Waals surface area contributed by atoms with Crippen molar-refractivity contribution in [3.05, 3.63) is 77.9 Å². The van der Waals surface area contributed by atoms with Crippen LogP contribution in [0.1, 0.15) is 18.1 Å². The molecule has 22 heavy (non-hydrogen) atoms. The summed E-state index contributed by atoms with van der Waals surface area (Å²) >= 11 is 0. The Balaban J connectivity index is 2.07. The van der Waals surface area contributed by atoms with Crippen molar-refractivity contribution in [1.82, 2.24) is 0 Å². The molecule has 0 aromatic heterocycles. The molecule has 0 aliphatic heterocycles. The lowest BCUT2D eigenvalue weighted by Crippen LogP contribution is -1.84. The molecule has 0 amide bonds. The molecule has 4 rings (SSSR count). The first-order valence-electron chi connectivity index (χ1n) is 7.74. The summed E-state index contributed by atoms with van der Waals surface area (Å²) in [7, 11) is 0. The van der Waals surface area contributed by atoms with Crippen molar-refractivity contribution in [2.75, 3.05) is 0 Å². The molecular weight excluding hydrogens is 264 g/mol. The third-order valence-corrected chi connectivity index (χ3v) is 4.39. The molecule has 0 aliphatic rings. The van der Waals surface area contributed by atoms with Crippen molar-refractivity contribution in [2.45, 2.75) is 13.8 Å². The Morgan fingerprint density at radius 2 is 1.14 bits per heavy atom. The average molecular weight is 282 g/mol. The summed E-state index contributed by atoms with van der Waals surface area (Å²) in [6.45, 7) is 4.25. The van der Waals surface area contributed by atoms with Gasteiger partial charge in [0.15, 0.2) is 0 Å². The van der Waals surface area contributed by atoms with E-state index < -0.39 is 0 Å². The van der Waals surface area contributed by atoms with Crippen molar-refractivity contribution in [1.29, 1.82) is 0 Å². The second-order valence-corrected chi connectivity index (χ2v) is 5.95. The van der Waals surface area contributed by atoms with Gasteiger partial charge in [-0.15, -0.1) is 0 Å². The summed E-state index contributed by atoms with van der Waals surface area (Å²) in [5.74, 6) is 0. The lowest BCUT2D eigenvalue weighted by molar-refractivity contribution is 1.47. The molecule has 0 fully saturated rings. The molecule has 106 valence electrons. The second kappa shape index (κ2) is 4.99. The van der Waals surface area contributed by atoms with Gasteiger partial charge in [-0.3, -0.25) is 0 Å². The van der Waals surface area contributed by atoms with E-state index in [0.29, 0.717) is 0 Å². The van der Waals surface area contributed by atoms with Gasteiger partial charge in [0, 0.05) is 0 Å². The highest BCUT2D eigenvalue weighted by Gasteiger charge is 2.03. The van der Waals surface area contributed by atoms with Crippen LogP contribution in [0.5, 0.6) is 0 Å². The Labute approximate surface area is 130 Å². The molecular formula is C22H18. The van der Waals surface area contributed by atoms with Gasteiger partial charge in [-0.05, 0) is 87.6 Å². The topological polar surface area (TPSA) is 0 Å². The molecule has 0 saturated carbocycles. The van der Waals surface area contributed by atoms with Crippen molar-refractivity contribution >= 4 is 38.4 Å². The highest BCUT2D eigenvalue weighted by atomic mass is 14.1. The minimum absolute atomic E-state index is 1.30. The minimum Gasteiger partial charge on any atom is -0.0871 e. The summed E-state index contributed by atoms with van der Waals surface area (Å²) in [6, 6.07) is 22.3. The number of allylic oxidation sites excluding steroid dienone is 1. The molecule has 4 aromatic carbocycles. The van der Waals surface area contributed by atoms with Gasteiger partial charge in [-0.2, -0.15) is 0 Å². The Bertz CT molecular complexity index is 1040. The fourth-order valence-electron chi connectivity index (χ4n) is 3.23. The Kier molecular flexibility index (Phi) is 2.97. The maximum Gasteiger partial charge on any atom is -0.0171 e. The third-order valence-electron chi connectivity index (χ3n) is 4.39. The summed E-state index contributed by atoms with van der Waals surface area (Å²) in [6.07, 6.45) is 4.28. The van der Waals surface area contributed by atoms with Crippen molar-refractivity contribution < 1.29 is 0 Å². The molecule has 0 radical (unpaired) electrons. The summed E-state index contributed by atoms with van der Waals surface area (Å²) in [5.41, 5.74) is 2.63. The summed E-state index contributed by atoms with van der Waals surface area (Å²) in [5, 5.41) is 7.84. The van der Waals surface area contributed by atoms with Gasteiger partial charge in [0.2, 0.25) is 0 Å². The van der Waals surface area contributed by atoms with Crippen LogP contribution in [0, 0.1) is 6.92 Å². The summed E-state index contributed by atoms with van der Waals surface area (Å²) in [4.78, 5) is 0. The van der Waals surface area contributed by atoms with Crippen molar-refractivity contribution in [2.24, 2.45) is 0 Å². The fraction of sp³-hybridized carbons (Fsp3) is 0.0909. The van der Waals surface area contributed by atoms with E-state index in [1.165, 1.54) is 43.4 Å². The molecule has 0 atom stereocenters. The van der Waals surface area contributed by atoms with Crippen molar-refractivity contribution in [3.8, 4) is 0 Å². The van der Waals surface area contributed by atoms with Crippen LogP contribution in [0.4, 0.5) is 0 Å². The Morgan fingerprint density at radius 1 is 0.636 bits per heavy atom. The van der Waals surface area contributed by atoms with Gasteiger partial charge in [-0.25, -0.2) is 0 Å². The smallest absolute Gasteiger partial charge is 0.0171 e. The molecule has 0 aliphatic carbocycles. The molecule has 0 saturated heterocycles. The van der Waals surface area contributed by atoms with Crippen molar-refractivity contribution in [3.63, 3.8) is 0 Å². The van der Waals surface area contributed by atoms with Crippen LogP contribution in [-0.2, 0) is 0 Å². The van der Waals surface area contributed by atoms with Gasteiger partial charge in [0.25, 0.3) is 0 Å². The van der Waals surface area contributed by atoms with E-state index in [9.17, 15) is 0 Å². The van der Waals surface area contributed by atoms with E-state index in [0.717, 1.165) is 0 Å². The molecule has 0 heterocycles. The van der Waals surface area contributed by atoms with Gasteiger partial charge in [-0.1, -0.05) is 42.5 Å². The largest absolute Gasteiger partial charge is 0.0871 e. The van der Waals surface area contributed by atoms with E-state index in [2.05, 4.69) is 86.7 Å². The number of rotatable bonds is 1. The van der Waals surface area contributed by atoms with E-state index in [1.807, 2.05) is 0 Å². The average Bonchev–Trinajstić information content (AvgIpc) is 2.52. The molecule has 0 nitrogen and oxygen atoms in total. The number of fused-ring (bicyclic) bond motifs is 3. The zero-order valence-corrected chi connectivity index (χ0v) is 12.9. The monoisotopic (exact) mass is 282 g/mol. The molecule has 0 heteroatoms. The van der Waals surface area contributed by atoms with Gasteiger partial charge in [0.1, 0.15) is 0 Å². The third kappa shape index (κ3) is 2.08. The predicted octanol–water partition coefficient (Wildman–Crippen LogP) is 6.49. The van der Waals surface area contributed by atoms with Crippen LogP contribution >= 0.6 is 0 Å². The number of hydrogen-bond acceptors (Lipinski definition) is 0. The minimum atomic E-state index is 1.30. The molecule has 0 bridgehead atoms. The molecule has 4 aromatic rings. The molecule has 0 unspecified atom stereocenters. The predicted molar refractivity (Wildman–Crippen MR) is 98.4 cm³/mol. The van der Waals surface area contributed by atoms with Crippen LogP contribution in [0.15, 0.2) is 66.7 Å². The van der Waals surface area contributed by atoms with E-state index in [-0.39, 0.29) is 0 Å². The molecule has 0 spiro atoms. The first-order chi connectivity index (χ1) is 10.7. The van der Waals surface area contributed by atoms with Gasteiger partial charge in [0.05, 0.1) is 0 Å². The lowest BCUT2D eigenvalue weighted by atomic mass is 9.96. The van der Waals surface area contributed by atoms with Gasteiger partial charge >= 0.3 is 0 Å². The maximum absolute atomic E-state index is 2.31. The standard InChI is InChI=1S/C22H18/c1-3-6-16-10-20-14-22-12-18-8-5-4-7-17(18)11-21(22)13-19(20)9-15(16)2/h3-14H,1-2H3. The number of hydrogen-bond donors (Lipinski definition) is 0. The van der Waals surface area contributed by atoms with Crippen LogP contribution in [0.3, 0.4) is 0 Å². The highest BCUT2D eigenvalue weighted by molar-refractivity contribution is 6.05. The van der Waals surface area contributed by atoms with E-state index in [1.54, 1.807) is 0 Å². The SMILES string of the molecule is CC=Cc1cc2cc3cc4ccccc4cc3cc2cc1C. The summed E-state index contributed by atoms with van der Waals surface area (Å²) < 4.78 is 0. The Morgan fingerprint density at radius 3 is 1.73 bits per heavy atom. The number of aryl methyl sites for hydroxylation is 1. The van der Waals surface area contributed by atoms with Gasteiger partial charge < -0.3 is 0 Å². The zero-order chi connectivity index (χ0) is 15.1. The van der Waals surface area contributed by atoms with Crippen LogP contribution in [-0.4, -0.2) is 0 Å². The maximum atomic E-state index is 2.31. The highest BCUT2D eigenvalue weighted by Crippen LogP contribution is 2.29. The fourth-order valence-corrected chi connectivity index (χ4v) is 3.23. The molecule has 0 N–H and O–H groups in total. The quantitative estimate of drug-likeness (QED) is 0.350. The number of benzene rings is 4. The first kappa shape index (κ1) is 13.1. The van der Waals surface area contributed by atoms with E-state index in [4.69, 9.17) is 0 Å². The second-order valence-electron chi connectivity index (χ2n) is 5.95. The zero-order valence-electron chi connectivity index (χ0n) is 12.9. The first-order valence-corrected chi connectivity index (χ1v) is 7.74. The normalized spacial score (nSPS) is 11.9. The van der Waals surface area contributed by atoms with Crippen LogP contribution in [0.25, 0.3) is 38.4 Å². The van der Waals surface area contributed by atoms with Crippen LogP contribution in [0.2, 0.25) is 0 Å². The lowest BCUT2D eigenvalue weighted by Gasteiger charge is -2.08.